The Hall–Kier alpha value is -2.77. The Labute approximate surface area is 163 Å². The maximum Gasteiger partial charge on any atom is 0.325 e. The van der Waals surface area contributed by atoms with Crippen molar-refractivity contribution in [2.75, 3.05) is 25.1 Å². The molecule has 3 aliphatic rings. The standard InChI is InChI=1S/C20H25N3O5/c1-20(13-5-3-2-4-6-13)18(25)23(19(26)22-20)12-17(24)21-14-7-8-15-16(11-14)28-10-9-27-15/h7-8,11,13H,2-6,9-10,12H2,1H3,(H,21,24)(H,22,26)/t20-/m1/s1. The monoisotopic (exact) mass is 387 g/mol. The highest BCUT2D eigenvalue weighted by Gasteiger charge is 2.52. The van der Waals surface area contributed by atoms with Crippen LogP contribution in [0.15, 0.2) is 18.2 Å². The average Bonchev–Trinajstić information content (AvgIpc) is 2.92. The normalized spacial score (nSPS) is 24.8. The second-order valence-electron chi connectivity index (χ2n) is 7.77. The van der Waals surface area contributed by atoms with Crippen molar-refractivity contribution in [2.45, 2.75) is 44.6 Å². The van der Waals surface area contributed by atoms with Crippen LogP contribution in [0.1, 0.15) is 39.0 Å². The van der Waals surface area contributed by atoms with E-state index >= 15 is 0 Å². The summed E-state index contributed by atoms with van der Waals surface area (Å²) in [7, 11) is 0. The van der Waals surface area contributed by atoms with E-state index in [1.807, 2.05) is 0 Å². The van der Waals surface area contributed by atoms with Crippen molar-refractivity contribution < 1.29 is 23.9 Å². The number of nitrogens with zero attached hydrogens (tertiary/aromatic N) is 1. The summed E-state index contributed by atoms with van der Waals surface area (Å²) in [6.07, 6.45) is 5.12. The van der Waals surface area contributed by atoms with Crippen LogP contribution in [-0.2, 0) is 9.59 Å². The smallest absolute Gasteiger partial charge is 0.325 e. The molecule has 1 saturated carbocycles. The van der Waals surface area contributed by atoms with Gasteiger partial charge in [0, 0.05) is 11.8 Å². The second kappa shape index (κ2) is 7.33. The van der Waals surface area contributed by atoms with Crippen LogP contribution in [0.25, 0.3) is 0 Å². The fourth-order valence-electron chi connectivity index (χ4n) is 4.28. The van der Waals surface area contributed by atoms with Crippen LogP contribution in [0.5, 0.6) is 11.5 Å². The summed E-state index contributed by atoms with van der Waals surface area (Å²) in [5.74, 6) is 0.545. The number of ether oxygens (including phenoxy) is 2. The highest BCUT2D eigenvalue weighted by atomic mass is 16.6. The van der Waals surface area contributed by atoms with Crippen LogP contribution in [0.3, 0.4) is 0 Å². The molecule has 8 nitrogen and oxygen atoms in total. The third kappa shape index (κ3) is 3.39. The summed E-state index contributed by atoms with van der Waals surface area (Å²) in [5.41, 5.74) is -0.397. The molecule has 1 saturated heterocycles. The molecule has 2 N–H and O–H groups in total. The summed E-state index contributed by atoms with van der Waals surface area (Å²) < 4.78 is 11.0. The molecule has 2 heterocycles. The van der Waals surface area contributed by atoms with Gasteiger partial charge >= 0.3 is 6.03 Å². The van der Waals surface area contributed by atoms with E-state index in [9.17, 15) is 14.4 Å². The molecule has 8 heteroatoms. The zero-order valence-electron chi connectivity index (χ0n) is 16.0. The van der Waals surface area contributed by atoms with Crippen LogP contribution in [-0.4, -0.2) is 48.0 Å². The molecule has 150 valence electrons. The second-order valence-corrected chi connectivity index (χ2v) is 7.77. The van der Waals surface area contributed by atoms with Crippen molar-refractivity contribution in [3.05, 3.63) is 18.2 Å². The molecule has 1 aromatic carbocycles. The summed E-state index contributed by atoms with van der Waals surface area (Å²) in [5, 5.41) is 5.55. The summed E-state index contributed by atoms with van der Waals surface area (Å²) in [6.45, 7) is 2.40. The van der Waals surface area contributed by atoms with Crippen molar-refractivity contribution in [1.82, 2.24) is 10.2 Å². The van der Waals surface area contributed by atoms with E-state index < -0.39 is 17.5 Å². The van der Waals surface area contributed by atoms with Crippen LogP contribution in [0.2, 0.25) is 0 Å². The minimum Gasteiger partial charge on any atom is -0.486 e. The Morgan fingerprint density at radius 3 is 2.64 bits per heavy atom. The van der Waals surface area contributed by atoms with Gasteiger partial charge in [-0.15, -0.1) is 0 Å². The summed E-state index contributed by atoms with van der Waals surface area (Å²) >= 11 is 0. The number of benzene rings is 1. The lowest BCUT2D eigenvalue weighted by Gasteiger charge is -2.34. The molecular weight excluding hydrogens is 362 g/mol. The van der Waals surface area contributed by atoms with Crippen molar-refractivity contribution in [2.24, 2.45) is 5.92 Å². The fourth-order valence-corrected chi connectivity index (χ4v) is 4.28. The molecule has 0 radical (unpaired) electrons. The average molecular weight is 387 g/mol. The molecule has 1 atom stereocenters. The van der Waals surface area contributed by atoms with E-state index in [-0.39, 0.29) is 18.4 Å². The third-order valence-electron chi connectivity index (χ3n) is 5.85. The quantitative estimate of drug-likeness (QED) is 0.773. The Morgan fingerprint density at radius 2 is 1.89 bits per heavy atom. The predicted octanol–water partition coefficient (Wildman–Crippen LogP) is 2.29. The first-order valence-electron chi connectivity index (χ1n) is 9.81. The number of fused-ring (bicyclic) bond motifs is 1. The highest BCUT2D eigenvalue weighted by molar-refractivity contribution is 6.10. The zero-order chi connectivity index (χ0) is 19.7. The van der Waals surface area contributed by atoms with Gasteiger partial charge in [-0.1, -0.05) is 19.3 Å². The zero-order valence-corrected chi connectivity index (χ0v) is 16.0. The van der Waals surface area contributed by atoms with E-state index in [2.05, 4.69) is 10.6 Å². The molecule has 2 fully saturated rings. The minimum atomic E-state index is -0.922. The molecule has 28 heavy (non-hydrogen) atoms. The minimum absolute atomic E-state index is 0.114. The lowest BCUT2D eigenvalue weighted by Crippen LogP contribution is -2.51. The van der Waals surface area contributed by atoms with Crippen LogP contribution in [0, 0.1) is 5.92 Å². The fraction of sp³-hybridized carbons (Fsp3) is 0.550. The predicted molar refractivity (Wildman–Crippen MR) is 101 cm³/mol. The Bertz CT molecular complexity index is 805. The molecule has 0 aromatic heterocycles. The summed E-state index contributed by atoms with van der Waals surface area (Å²) in [4.78, 5) is 38.8. The van der Waals surface area contributed by atoms with Crippen molar-refractivity contribution in [3.63, 3.8) is 0 Å². The molecule has 0 bridgehead atoms. The molecule has 4 rings (SSSR count). The molecule has 4 amide bonds. The van der Waals surface area contributed by atoms with Gasteiger partial charge < -0.3 is 20.1 Å². The first kappa shape index (κ1) is 18.6. The Balaban J connectivity index is 1.41. The van der Waals surface area contributed by atoms with Gasteiger partial charge in [0.1, 0.15) is 25.3 Å². The number of nitrogens with one attached hydrogen (secondary N) is 2. The van der Waals surface area contributed by atoms with E-state index in [0.29, 0.717) is 30.4 Å². The van der Waals surface area contributed by atoms with Crippen molar-refractivity contribution >= 4 is 23.5 Å². The first-order chi connectivity index (χ1) is 13.5. The first-order valence-corrected chi connectivity index (χ1v) is 9.81. The maximum absolute atomic E-state index is 12.9. The molecule has 2 aliphatic heterocycles. The van der Waals surface area contributed by atoms with Crippen LogP contribution in [0.4, 0.5) is 10.5 Å². The van der Waals surface area contributed by atoms with Crippen LogP contribution < -0.4 is 20.1 Å². The van der Waals surface area contributed by atoms with E-state index in [1.165, 1.54) is 0 Å². The van der Waals surface area contributed by atoms with E-state index in [4.69, 9.17) is 9.47 Å². The number of rotatable bonds is 4. The van der Waals surface area contributed by atoms with E-state index in [1.54, 1.807) is 25.1 Å². The SMILES string of the molecule is C[C@]1(C2CCCCC2)NC(=O)N(CC(=O)Nc2ccc3c(c2)OCCO3)C1=O. The molecule has 0 unspecified atom stereocenters. The van der Waals surface area contributed by atoms with Gasteiger partial charge in [0.2, 0.25) is 5.91 Å². The van der Waals surface area contributed by atoms with Gasteiger partial charge in [-0.2, -0.15) is 0 Å². The number of anilines is 1. The van der Waals surface area contributed by atoms with Crippen molar-refractivity contribution in [1.29, 1.82) is 0 Å². The number of carbonyl (C=O) groups is 3. The Morgan fingerprint density at radius 1 is 1.18 bits per heavy atom. The van der Waals surface area contributed by atoms with Gasteiger partial charge in [0.25, 0.3) is 5.91 Å². The van der Waals surface area contributed by atoms with Crippen LogP contribution >= 0.6 is 0 Å². The number of amides is 4. The topological polar surface area (TPSA) is 97.0 Å². The lowest BCUT2D eigenvalue weighted by atomic mass is 9.75. The maximum atomic E-state index is 12.9. The number of hydrogen-bond donors (Lipinski definition) is 2. The van der Waals surface area contributed by atoms with Gasteiger partial charge in [0.15, 0.2) is 11.5 Å². The van der Waals surface area contributed by atoms with Crippen molar-refractivity contribution in [3.8, 4) is 11.5 Å². The van der Waals surface area contributed by atoms with Gasteiger partial charge in [-0.25, -0.2) is 4.79 Å². The van der Waals surface area contributed by atoms with Gasteiger partial charge in [0.05, 0.1) is 0 Å². The lowest BCUT2D eigenvalue weighted by molar-refractivity contribution is -0.135. The van der Waals surface area contributed by atoms with Gasteiger partial charge in [-0.3, -0.25) is 14.5 Å². The number of carbonyl (C=O) groups excluding carboxylic acids is 3. The number of imide groups is 1. The number of urea groups is 1. The van der Waals surface area contributed by atoms with E-state index in [0.717, 1.165) is 37.0 Å². The summed E-state index contributed by atoms with van der Waals surface area (Å²) in [6, 6.07) is 4.58. The molecular formula is C20H25N3O5. The third-order valence-corrected chi connectivity index (χ3v) is 5.85. The number of hydrogen-bond acceptors (Lipinski definition) is 5. The molecule has 1 aliphatic carbocycles. The molecule has 0 spiro atoms. The molecule has 1 aromatic rings. The Kier molecular flexibility index (Phi) is 4.87. The highest BCUT2D eigenvalue weighted by Crippen LogP contribution is 2.36. The largest absolute Gasteiger partial charge is 0.486 e. The van der Waals surface area contributed by atoms with Gasteiger partial charge in [-0.05, 0) is 37.8 Å².